The SMILES string of the molecule is CCN[S+]([O-])c1ccc(NC(=S)NC(=O)c2ccc(OCCOCC)cc2)cc1. The number of amides is 1. The predicted octanol–water partition coefficient (Wildman–Crippen LogP) is 2.86. The van der Waals surface area contributed by atoms with Crippen LogP contribution in [0, 0.1) is 0 Å². The average molecular weight is 436 g/mol. The number of anilines is 1. The first-order valence-electron chi connectivity index (χ1n) is 9.21. The summed E-state index contributed by atoms with van der Waals surface area (Å²) in [4.78, 5) is 13.0. The molecule has 0 aliphatic rings. The highest BCUT2D eigenvalue weighted by atomic mass is 32.2. The van der Waals surface area contributed by atoms with Gasteiger partial charge in [-0.25, -0.2) is 0 Å². The van der Waals surface area contributed by atoms with Gasteiger partial charge < -0.3 is 19.3 Å². The zero-order valence-corrected chi connectivity index (χ0v) is 18.0. The second kappa shape index (κ2) is 12.4. The fourth-order valence-electron chi connectivity index (χ4n) is 2.28. The first kappa shape index (κ1) is 23.1. The number of carbonyl (C=O) groups excluding carboxylic acids is 1. The summed E-state index contributed by atoms with van der Waals surface area (Å²) in [5.41, 5.74) is 1.15. The number of carbonyl (C=O) groups is 1. The number of nitrogens with one attached hydrogen (secondary N) is 3. The molecule has 2 aromatic rings. The van der Waals surface area contributed by atoms with Crippen LogP contribution < -0.4 is 20.1 Å². The van der Waals surface area contributed by atoms with Gasteiger partial charge in [0.2, 0.25) is 0 Å². The van der Waals surface area contributed by atoms with Gasteiger partial charge in [0.15, 0.2) is 10.0 Å². The summed E-state index contributed by atoms with van der Waals surface area (Å²) in [5, 5.41) is 5.74. The molecule has 0 heterocycles. The predicted molar refractivity (Wildman–Crippen MR) is 119 cm³/mol. The quantitative estimate of drug-likeness (QED) is 0.300. The summed E-state index contributed by atoms with van der Waals surface area (Å²) in [6.45, 7) is 6.05. The first-order chi connectivity index (χ1) is 14.0. The Labute approximate surface area is 179 Å². The lowest BCUT2D eigenvalue weighted by atomic mass is 10.2. The van der Waals surface area contributed by atoms with Crippen LogP contribution in [0.25, 0.3) is 0 Å². The average Bonchev–Trinajstić information content (AvgIpc) is 2.72. The van der Waals surface area contributed by atoms with E-state index in [0.29, 0.717) is 48.3 Å². The van der Waals surface area contributed by atoms with Crippen molar-refractivity contribution < 1.29 is 18.8 Å². The zero-order chi connectivity index (χ0) is 21.1. The van der Waals surface area contributed by atoms with Crippen molar-refractivity contribution in [1.29, 1.82) is 0 Å². The third-order valence-electron chi connectivity index (χ3n) is 3.65. The lowest BCUT2D eigenvalue weighted by Crippen LogP contribution is -2.34. The molecule has 156 valence electrons. The van der Waals surface area contributed by atoms with Crippen molar-refractivity contribution in [2.45, 2.75) is 18.7 Å². The van der Waals surface area contributed by atoms with Crippen LogP contribution in [0.15, 0.2) is 53.4 Å². The number of ether oxygens (including phenoxy) is 2. The van der Waals surface area contributed by atoms with Crippen molar-refractivity contribution in [3.63, 3.8) is 0 Å². The van der Waals surface area contributed by atoms with Crippen LogP contribution in [0.1, 0.15) is 24.2 Å². The standard InChI is InChI=1S/C20H25N3O4S2/c1-3-21-29(25)18-11-7-16(8-12-18)22-20(28)23-19(24)15-5-9-17(10-6-15)27-14-13-26-4-2/h5-12,21H,3-4,13-14H2,1-2H3,(H2,22,23,24,28). The van der Waals surface area contributed by atoms with Crippen LogP contribution in [0.3, 0.4) is 0 Å². The molecule has 1 atom stereocenters. The molecule has 0 spiro atoms. The van der Waals surface area contributed by atoms with Gasteiger partial charge in [-0.1, -0.05) is 0 Å². The maximum atomic E-state index is 12.3. The Bertz CT molecular complexity index is 785. The monoisotopic (exact) mass is 435 g/mol. The molecule has 3 N–H and O–H groups in total. The number of rotatable bonds is 10. The van der Waals surface area contributed by atoms with Gasteiger partial charge in [-0.05, 0) is 74.6 Å². The molecule has 0 saturated carbocycles. The molecular weight excluding hydrogens is 410 g/mol. The van der Waals surface area contributed by atoms with Crippen molar-refractivity contribution in [2.75, 3.05) is 31.7 Å². The Morgan fingerprint density at radius 3 is 2.38 bits per heavy atom. The highest BCUT2D eigenvalue weighted by Gasteiger charge is 2.11. The molecule has 0 aliphatic carbocycles. The highest BCUT2D eigenvalue weighted by molar-refractivity contribution is 7.89. The number of hydrogen-bond donors (Lipinski definition) is 3. The van der Waals surface area contributed by atoms with Crippen LogP contribution >= 0.6 is 12.2 Å². The molecule has 0 radical (unpaired) electrons. The molecule has 0 bridgehead atoms. The fraction of sp³-hybridized carbons (Fsp3) is 0.300. The van der Waals surface area contributed by atoms with Gasteiger partial charge in [-0.15, -0.1) is 4.72 Å². The lowest BCUT2D eigenvalue weighted by molar-refractivity contribution is 0.0977. The van der Waals surface area contributed by atoms with Crippen LogP contribution in [0.5, 0.6) is 5.75 Å². The number of hydrogen-bond acceptors (Lipinski definition) is 6. The van der Waals surface area contributed by atoms with Crippen molar-refractivity contribution in [3.05, 3.63) is 54.1 Å². The summed E-state index contributed by atoms with van der Waals surface area (Å²) < 4.78 is 25.4. The number of benzene rings is 2. The lowest BCUT2D eigenvalue weighted by Gasteiger charge is -2.12. The van der Waals surface area contributed by atoms with Gasteiger partial charge in [-0.3, -0.25) is 10.1 Å². The van der Waals surface area contributed by atoms with Gasteiger partial charge in [0.25, 0.3) is 5.91 Å². The molecule has 1 amide bonds. The Morgan fingerprint density at radius 2 is 1.76 bits per heavy atom. The normalized spacial score (nSPS) is 11.6. The van der Waals surface area contributed by atoms with Crippen LogP contribution in [0.4, 0.5) is 5.69 Å². The van der Waals surface area contributed by atoms with Crippen molar-refractivity contribution in [3.8, 4) is 5.75 Å². The first-order valence-corrected chi connectivity index (χ1v) is 10.8. The second-order valence-electron chi connectivity index (χ2n) is 5.77. The molecule has 1 unspecified atom stereocenters. The van der Waals surface area contributed by atoms with E-state index in [0.717, 1.165) is 0 Å². The van der Waals surface area contributed by atoms with E-state index in [1.807, 2.05) is 13.8 Å². The largest absolute Gasteiger partial charge is 0.593 e. The van der Waals surface area contributed by atoms with E-state index in [1.165, 1.54) is 0 Å². The molecule has 2 rings (SSSR count). The van der Waals surface area contributed by atoms with Gasteiger partial charge in [0.05, 0.1) is 18.0 Å². The molecule has 0 saturated heterocycles. The van der Waals surface area contributed by atoms with Crippen molar-refractivity contribution >= 4 is 40.3 Å². The summed E-state index contributed by atoms with van der Waals surface area (Å²) in [7, 11) is 0. The molecule has 29 heavy (non-hydrogen) atoms. The molecule has 0 aromatic heterocycles. The summed E-state index contributed by atoms with van der Waals surface area (Å²) in [6.07, 6.45) is 0. The van der Waals surface area contributed by atoms with Gasteiger partial charge in [0.1, 0.15) is 12.4 Å². The maximum Gasteiger partial charge on any atom is 0.257 e. The van der Waals surface area contributed by atoms with E-state index < -0.39 is 11.4 Å². The van der Waals surface area contributed by atoms with E-state index in [-0.39, 0.29) is 11.0 Å². The van der Waals surface area contributed by atoms with Gasteiger partial charge in [-0.2, -0.15) is 0 Å². The molecule has 9 heteroatoms. The van der Waals surface area contributed by atoms with Crippen LogP contribution in [-0.2, 0) is 16.1 Å². The van der Waals surface area contributed by atoms with E-state index in [1.54, 1.807) is 48.5 Å². The third kappa shape index (κ3) is 8.00. The van der Waals surface area contributed by atoms with E-state index in [9.17, 15) is 9.35 Å². The Kier molecular flexibility index (Phi) is 9.89. The summed E-state index contributed by atoms with van der Waals surface area (Å²) in [5.74, 6) is 0.338. The Hall–Kier alpha value is -2.17. The molecule has 2 aromatic carbocycles. The third-order valence-corrected chi connectivity index (χ3v) is 5.10. The molecule has 0 aliphatic heterocycles. The smallest absolute Gasteiger partial charge is 0.257 e. The topological polar surface area (TPSA) is 94.7 Å². The van der Waals surface area contributed by atoms with E-state index in [2.05, 4.69) is 15.4 Å². The minimum atomic E-state index is -1.24. The zero-order valence-electron chi connectivity index (χ0n) is 16.4. The molecular formula is C20H25N3O4S2. The Balaban J connectivity index is 1.83. The summed E-state index contributed by atoms with van der Waals surface area (Å²) in [6, 6.07) is 13.7. The fourth-order valence-corrected chi connectivity index (χ4v) is 3.30. The maximum absolute atomic E-state index is 12.3. The second-order valence-corrected chi connectivity index (χ2v) is 7.47. The van der Waals surface area contributed by atoms with Crippen molar-refractivity contribution in [1.82, 2.24) is 10.0 Å². The highest BCUT2D eigenvalue weighted by Crippen LogP contribution is 2.14. The minimum absolute atomic E-state index is 0.174. The van der Waals surface area contributed by atoms with Crippen LogP contribution in [0.2, 0.25) is 0 Å². The van der Waals surface area contributed by atoms with Crippen molar-refractivity contribution in [2.24, 2.45) is 0 Å². The molecule has 7 nitrogen and oxygen atoms in total. The molecule has 0 fully saturated rings. The van der Waals surface area contributed by atoms with Gasteiger partial charge >= 0.3 is 0 Å². The minimum Gasteiger partial charge on any atom is -0.593 e. The van der Waals surface area contributed by atoms with Crippen LogP contribution in [-0.4, -0.2) is 41.9 Å². The van der Waals surface area contributed by atoms with Gasteiger partial charge in [0, 0.05) is 24.4 Å². The van der Waals surface area contributed by atoms with E-state index >= 15 is 0 Å². The summed E-state index contributed by atoms with van der Waals surface area (Å²) >= 11 is 3.95. The van der Waals surface area contributed by atoms with E-state index in [4.69, 9.17) is 21.7 Å². The number of thiocarbonyl (C=S) groups is 1. The Morgan fingerprint density at radius 1 is 1.07 bits per heavy atom.